The minimum absolute atomic E-state index is 0.0260. The van der Waals surface area contributed by atoms with Gasteiger partial charge in [0, 0.05) is 6.54 Å². The van der Waals surface area contributed by atoms with E-state index in [0.29, 0.717) is 17.3 Å². The molecule has 90 valence electrons. The number of nitrogens with one attached hydrogen (secondary N) is 1. The number of nitrogens with two attached hydrogens (primary N) is 1. The first kappa shape index (κ1) is 12.0. The molecule has 1 aliphatic carbocycles. The van der Waals surface area contributed by atoms with E-state index in [1.165, 1.54) is 11.3 Å². The summed E-state index contributed by atoms with van der Waals surface area (Å²) in [6, 6.07) is 1.81. The zero-order valence-corrected chi connectivity index (χ0v) is 10.8. The van der Waals surface area contributed by atoms with Crippen LogP contribution >= 0.6 is 11.3 Å². The third kappa shape index (κ3) is 2.29. The number of sulfonamides is 1. The lowest BCUT2D eigenvalue weighted by Crippen LogP contribution is -2.33. The molecular formula is C10H16N2O2S2. The van der Waals surface area contributed by atoms with E-state index >= 15 is 0 Å². The Balaban J connectivity index is 2.07. The SMILES string of the molecule is Cc1ccsc1S(=O)(=O)NCC1(CN)CC1. The van der Waals surface area contributed by atoms with Crippen LogP contribution in [0.4, 0.5) is 0 Å². The van der Waals surface area contributed by atoms with Crippen molar-refractivity contribution >= 4 is 21.4 Å². The first-order valence-electron chi connectivity index (χ1n) is 5.23. The van der Waals surface area contributed by atoms with Gasteiger partial charge in [0.15, 0.2) is 0 Å². The van der Waals surface area contributed by atoms with Crippen LogP contribution in [-0.2, 0) is 10.0 Å². The van der Waals surface area contributed by atoms with Gasteiger partial charge in [-0.25, -0.2) is 13.1 Å². The second-order valence-electron chi connectivity index (χ2n) is 4.42. The Labute approximate surface area is 99.9 Å². The summed E-state index contributed by atoms with van der Waals surface area (Å²) in [7, 11) is -3.34. The fourth-order valence-electron chi connectivity index (χ4n) is 1.58. The Bertz CT molecular complexity index is 475. The topological polar surface area (TPSA) is 72.2 Å². The van der Waals surface area contributed by atoms with Gasteiger partial charge in [-0.1, -0.05) is 0 Å². The van der Waals surface area contributed by atoms with Gasteiger partial charge in [-0.15, -0.1) is 11.3 Å². The molecule has 0 spiro atoms. The molecule has 3 N–H and O–H groups in total. The van der Waals surface area contributed by atoms with E-state index in [2.05, 4.69) is 4.72 Å². The normalized spacial score (nSPS) is 18.6. The van der Waals surface area contributed by atoms with E-state index in [9.17, 15) is 8.42 Å². The van der Waals surface area contributed by atoms with Crippen LogP contribution in [0.5, 0.6) is 0 Å². The number of thiophene rings is 1. The Kier molecular flexibility index (Phi) is 3.09. The second-order valence-corrected chi connectivity index (χ2v) is 7.30. The monoisotopic (exact) mass is 260 g/mol. The maximum absolute atomic E-state index is 12.0. The molecule has 0 unspecified atom stereocenters. The second kappa shape index (κ2) is 4.10. The van der Waals surface area contributed by atoms with Crippen molar-refractivity contribution in [2.45, 2.75) is 24.0 Å². The van der Waals surface area contributed by atoms with Gasteiger partial charge in [-0.05, 0) is 48.7 Å². The van der Waals surface area contributed by atoms with Gasteiger partial charge in [-0.2, -0.15) is 0 Å². The van der Waals surface area contributed by atoms with Crippen molar-refractivity contribution in [3.8, 4) is 0 Å². The van der Waals surface area contributed by atoms with E-state index in [-0.39, 0.29) is 5.41 Å². The molecule has 0 saturated heterocycles. The van der Waals surface area contributed by atoms with Gasteiger partial charge < -0.3 is 5.73 Å². The van der Waals surface area contributed by atoms with E-state index in [0.717, 1.165) is 18.4 Å². The standard InChI is InChI=1S/C10H16N2O2S2/c1-8-2-5-15-9(8)16(13,14)12-7-10(6-11)3-4-10/h2,5,12H,3-4,6-7,11H2,1H3. The van der Waals surface area contributed by atoms with Crippen LogP contribution in [0.3, 0.4) is 0 Å². The van der Waals surface area contributed by atoms with Crippen molar-refractivity contribution in [1.29, 1.82) is 0 Å². The molecule has 1 fully saturated rings. The highest BCUT2D eigenvalue weighted by atomic mass is 32.2. The molecule has 2 rings (SSSR count). The summed E-state index contributed by atoms with van der Waals surface area (Å²) in [6.07, 6.45) is 2.05. The average molecular weight is 260 g/mol. The molecule has 0 radical (unpaired) electrons. The van der Waals surface area contributed by atoms with Gasteiger partial charge in [0.05, 0.1) is 0 Å². The van der Waals surface area contributed by atoms with Crippen LogP contribution in [0.25, 0.3) is 0 Å². The molecule has 1 heterocycles. The molecule has 0 aromatic carbocycles. The van der Waals surface area contributed by atoms with Gasteiger partial charge in [-0.3, -0.25) is 0 Å². The number of rotatable bonds is 5. The third-order valence-electron chi connectivity index (χ3n) is 3.09. The van der Waals surface area contributed by atoms with Crippen molar-refractivity contribution in [2.75, 3.05) is 13.1 Å². The Morgan fingerprint density at radius 3 is 2.69 bits per heavy atom. The van der Waals surface area contributed by atoms with Crippen LogP contribution in [0.1, 0.15) is 18.4 Å². The van der Waals surface area contributed by atoms with E-state index in [4.69, 9.17) is 5.73 Å². The molecule has 0 atom stereocenters. The van der Waals surface area contributed by atoms with Crippen molar-refractivity contribution in [3.63, 3.8) is 0 Å². The zero-order valence-electron chi connectivity index (χ0n) is 9.19. The summed E-state index contributed by atoms with van der Waals surface area (Å²) in [5.41, 5.74) is 6.44. The van der Waals surface area contributed by atoms with E-state index < -0.39 is 10.0 Å². The molecule has 16 heavy (non-hydrogen) atoms. The molecule has 1 aliphatic rings. The first-order valence-corrected chi connectivity index (χ1v) is 7.59. The molecule has 1 aromatic rings. The molecule has 6 heteroatoms. The van der Waals surface area contributed by atoms with Crippen LogP contribution in [-0.4, -0.2) is 21.5 Å². The smallest absolute Gasteiger partial charge is 0.250 e. The number of aryl methyl sites for hydroxylation is 1. The predicted molar refractivity (Wildman–Crippen MR) is 65.0 cm³/mol. The van der Waals surface area contributed by atoms with Gasteiger partial charge >= 0.3 is 0 Å². The highest BCUT2D eigenvalue weighted by molar-refractivity contribution is 7.91. The van der Waals surface area contributed by atoms with Crippen molar-refractivity contribution in [2.24, 2.45) is 11.1 Å². The van der Waals surface area contributed by atoms with Gasteiger partial charge in [0.2, 0.25) is 10.0 Å². The fraction of sp³-hybridized carbons (Fsp3) is 0.600. The lowest BCUT2D eigenvalue weighted by molar-refractivity contribution is 0.501. The Morgan fingerprint density at radius 2 is 2.25 bits per heavy atom. The quantitative estimate of drug-likeness (QED) is 0.832. The first-order chi connectivity index (χ1) is 7.49. The largest absolute Gasteiger partial charge is 0.330 e. The molecule has 0 aliphatic heterocycles. The third-order valence-corrected chi connectivity index (χ3v) is 6.18. The minimum Gasteiger partial charge on any atom is -0.330 e. The summed E-state index contributed by atoms with van der Waals surface area (Å²) in [5, 5.41) is 1.79. The van der Waals surface area contributed by atoms with Crippen LogP contribution < -0.4 is 10.5 Å². The van der Waals surface area contributed by atoms with Crippen LogP contribution in [0.2, 0.25) is 0 Å². The zero-order chi connectivity index (χ0) is 11.8. The summed E-state index contributed by atoms with van der Waals surface area (Å²) in [4.78, 5) is 0. The minimum atomic E-state index is -3.34. The fourth-order valence-corrected chi connectivity index (χ4v) is 4.20. The van der Waals surface area contributed by atoms with Crippen molar-refractivity contribution in [3.05, 3.63) is 17.0 Å². The average Bonchev–Trinajstić information content (AvgIpc) is 2.91. The van der Waals surface area contributed by atoms with Gasteiger partial charge in [0.1, 0.15) is 4.21 Å². The lowest BCUT2D eigenvalue weighted by Gasteiger charge is -2.13. The summed E-state index contributed by atoms with van der Waals surface area (Å²) in [6.45, 7) is 2.82. The number of hydrogen-bond acceptors (Lipinski definition) is 4. The van der Waals surface area contributed by atoms with Crippen molar-refractivity contribution in [1.82, 2.24) is 4.72 Å². The molecule has 4 nitrogen and oxygen atoms in total. The van der Waals surface area contributed by atoms with E-state index in [1.54, 1.807) is 12.3 Å². The number of hydrogen-bond donors (Lipinski definition) is 2. The maximum Gasteiger partial charge on any atom is 0.250 e. The van der Waals surface area contributed by atoms with Crippen molar-refractivity contribution < 1.29 is 8.42 Å². The molecule has 1 aromatic heterocycles. The van der Waals surface area contributed by atoms with Crippen LogP contribution in [0.15, 0.2) is 15.7 Å². The summed E-state index contributed by atoms with van der Waals surface area (Å²) in [5.74, 6) is 0. The Hall–Kier alpha value is -0.430. The van der Waals surface area contributed by atoms with Gasteiger partial charge in [0.25, 0.3) is 0 Å². The Morgan fingerprint density at radius 1 is 1.56 bits per heavy atom. The predicted octanol–water partition coefficient (Wildman–Crippen LogP) is 1.07. The summed E-state index contributed by atoms with van der Waals surface area (Å²) >= 11 is 1.25. The molecule has 1 saturated carbocycles. The lowest BCUT2D eigenvalue weighted by atomic mass is 10.1. The molecular weight excluding hydrogens is 244 g/mol. The summed E-state index contributed by atoms with van der Waals surface area (Å²) < 4.78 is 27.0. The van der Waals surface area contributed by atoms with Crippen LogP contribution in [0, 0.1) is 12.3 Å². The van der Waals surface area contributed by atoms with E-state index in [1.807, 2.05) is 6.07 Å². The highest BCUT2D eigenvalue weighted by Gasteiger charge is 2.42. The molecule has 0 amide bonds. The molecule has 0 bridgehead atoms. The maximum atomic E-state index is 12.0. The highest BCUT2D eigenvalue weighted by Crippen LogP contribution is 2.44.